The number of carbonyl (C=O) groups is 1. The first-order valence-corrected chi connectivity index (χ1v) is 7.04. The molecule has 0 unspecified atom stereocenters. The van der Waals surface area contributed by atoms with E-state index in [0.29, 0.717) is 22.6 Å². The Bertz CT molecular complexity index is 920. The molecule has 2 aromatic heterocycles. The zero-order chi connectivity index (χ0) is 16.4. The maximum absolute atomic E-state index is 12.3. The minimum atomic E-state index is -0.310. The molecule has 0 fully saturated rings. The third-order valence-corrected chi connectivity index (χ3v) is 3.43. The fourth-order valence-corrected chi connectivity index (χ4v) is 2.22. The lowest BCUT2D eigenvalue weighted by atomic mass is 10.2. The van der Waals surface area contributed by atoms with Crippen molar-refractivity contribution in [3.8, 4) is 6.07 Å². The van der Waals surface area contributed by atoms with E-state index in [1.54, 1.807) is 30.5 Å². The Balaban J connectivity index is 1.87. The predicted octanol–water partition coefficient (Wildman–Crippen LogP) is 2.52. The smallest absolute Gasteiger partial charge is 0.275 e. The number of hydrogen-bond donors (Lipinski definition) is 1. The molecule has 0 atom stereocenters. The average Bonchev–Trinajstić information content (AvgIpc) is 2.98. The number of benzene rings is 1. The minimum absolute atomic E-state index is 0.310. The fraction of sp³-hybridized carbons (Fsp3) is 0.118. The molecule has 0 bridgehead atoms. The van der Waals surface area contributed by atoms with Crippen molar-refractivity contribution in [3.63, 3.8) is 0 Å². The number of carbonyl (C=O) groups excluding carboxylic acids is 1. The van der Waals surface area contributed by atoms with Gasteiger partial charge in [0, 0.05) is 32.2 Å². The molecule has 1 amide bonds. The van der Waals surface area contributed by atoms with Gasteiger partial charge >= 0.3 is 0 Å². The van der Waals surface area contributed by atoms with Crippen molar-refractivity contribution in [2.45, 2.75) is 0 Å². The first kappa shape index (κ1) is 14.6. The minimum Gasteiger partial charge on any atom is -0.376 e. The van der Waals surface area contributed by atoms with Crippen molar-refractivity contribution >= 4 is 22.9 Å². The largest absolute Gasteiger partial charge is 0.376 e. The highest BCUT2D eigenvalue weighted by atomic mass is 16.1. The van der Waals surface area contributed by atoms with Gasteiger partial charge in [0.1, 0.15) is 11.3 Å². The molecule has 6 nitrogen and oxygen atoms in total. The molecule has 3 aromatic rings. The van der Waals surface area contributed by atoms with E-state index in [2.05, 4.69) is 10.3 Å². The molecule has 0 saturated heterocycles. The number of nitrogens with zero attached hydrogens (tertiary/aromatic N) is 4. The zero-order valence-electron chi connectivity index (χ0n) is 12.8. The number of hydrogen-bond acceptors (Lipinski definition) is 4. The molecule has 0 aliphatic carbocycles. The van der Waals surface area contributed by atoms with E-state index < -0.39 is 0 Å². The Labute approximate surface area is 133 Å². The summed E-state index contributed by atoms with van der Waals surface area (Å²) < 4.78 is 1.82. The van der Waals surface area contributed by atoms with Crippen LogP contribution in [0.3, 0.4) is 0 Å². The summed E-state index contributed by atoms with van der Waals surface area (Å²) in [4.78, 5) is 18.6. The Morgan fingerprint density at radius 2 is 2.09 bits per heavy atom. The highest BCUT2D eigenvalue weighted by Gasteiger charge is 2.12. The Morgan fingerprint density at radius 1 is 1.26 bits per heavy atom. The van der Waals surface area contributed by atoms with Crippen LogP contribution >= 0.6 is 0 Å². The van der Waals surface area contributed by atoms with E-state index in [4.69, 9.17) is 5.26 Å². The van der Waals surface area contributed by atoms with Gasteiger partial charge in [-0.3, -0.25) is 4.79 Å². The molecule has 6 heteroatoms. The lowest BCUT2D eigenvalue weighted by Gasteiger charge is -2.11. The molecule has 0 spiro atoms. The fourth-order valence-electron chi connectivity index (χ4n) is 2.22. The van der Waals surface area contributed by atoms with Gasteiger partial charge in [-0.25, -0.2) is 4.98 Å². The Morgan fingerprint density at radius 3 is 2.83 bits per heavy atom. The second-order valence-electron chi connectivity index (χ2n) is 5.32. The molecular formula is C17H15N5O. The summed E-state index contributed by atoms with van der Waals surface area (Å²) in [5.74, 6) is -0.310. The zero-order valence-corrected chi connectivity index (χ0v) is 12.8. The molecule has 3 rings (SSSR count). The molecule has 0 radical (unpaired) electrons. The van der Waals surface area contributed by atoms with E-state index in [9.17, 15) is 4.79 Å². The second kappa shape index (κ2) is 5.81. The van der Waals surface area contributed by atoms with Crippen LogP contribution < -0.4 is 10.2 Å². The number of anilines is 2. The monoisotopic (exact) mass is 305 g/mol. The van der Waals surface area contributed by atoms with Crippen LogP contribution in [0.25, 0.3) is 5.65 Å². The predicted molar refractivity (Wildman–Crippen MR) is 88.6 cm³/mol. The summed E-state index contributed by atoms with van der Waals surface area (Å²) >= 11 is 0. The normalized spacial score (nSPS) is 10.3. The first-order chi connectivity index (χ1) is 11.1. The van der Waals surface area contributed by atoms with Crippen molar-refractivity contribution in [1.82, 2.24) is 9.38 Å². The van der Waals surface area contributed by atoms with Gasteiger partial charge in [0.05, 0.1) is 17.3 Å². The molecule has 2 heterocycles. The molecular weight excluding hydrogens is 290 g/mol. The van der Waals surface area contributed by atoms with Gasteiger partial charge in [-0.05, 0) is 30.3 Å². The third-order valence-electron chi connectivity index (χ3n) is 3.43. The quantitative estimate of drug-likeness (QED) is 0.807. The molecule has 23 heavy (non-hydrogen) atoms. The van der Waals surface area contributed by atoms with Crippen LogP contribution in [0, 0.1) is 11.3 Å². The van der Waals surface area contributed by atoms with Gasteiger partial charge in [-0.15, -0.1) is 0 Å². The van der Waals surface area contributed by atoms with E-state index in [1.165, 1.54) is 0 Å². The molecule has 1 N–H and O–H groups in total. The standard InChI is InChI=1S/C17H15N5O/c1-21(2)14-6-7-16-20-15(11-22(16)10-14)17(23)19-13-5-3-4-12(8-13)9-18/h3-8,10-11H,1-2H3,(H,19,23). The van der Waals surface area contributed by atoms with Crippen LogP contribution in [-0.2, 0) is 0 Å². The van der Waals surface area contributed by atoms with Gasteiger partial charge in [0.15, 0.2) is 0 Å². The summed E-state index contributed by atoms with van der Waals surface area (Å²) in [6, 6.07) is 12.6. The number of amides is 1. The molecule has 1 aromatic carbocycles. The number of nitrogens with one attached hydrogen (secondary N) is 1. The van der Waals surface area contributed by atoms with E-state index in [-0.39, 0.29) is 5.91 Å². The van der Waals surface area contributed by atoms with Gasteiger partial charge in [-0.2, -0.15) is 5.26 Å². The number of rotatable bonds is 3. The maximum Gasteiger partial charge on any atom is 0.275 e. The molecule has 0 saturated carbocycles. The summed E-state index contributed by atoms with van der Waals surface area (Å²) in [5.41, 5.74) is 3.10. The number of aromatic nitrogens is 2. The number of pyridine rings is 1. The van der Waals surface area contributed by atoms with Gasteiger partial charge < -0.3 is 14.6 Å². The van der Waals surface area contributed by atoms with Gasteiger partial charge in [0.25, 0.3) is 5.91 Å². The lowest BCUT2D eigenvalue weighted by Crippen LogP contribution is -2.12. The van der Waals surface area contributed by atoms with Crippen molar-refractivity contribution in [1.29, 1.82) is 5.26 Å². The lowest BCUT2D eigenvalue weighted by molar-refractivity contribution is 0.102. The van der Waals surface area contributed by atoms with Crippen molar-refractivity contribution in [2.75, 3.05) is 24.3 Å². The highest BCUT2D eigenvalue weighted by molar-refractivity contribution is 6.03. The number of nitriles is 1. The third kappa shape index (κ3) is 2.99. The molecule has 114 valence electrons. The summed E-state index contributed by atoms with van der Waals surface area (Å²) in [6.45, 7) is 0. The molecule has 0 aliphatic rings. The van der Waals surface area contributed by atoms with E-state index in [1.807, 2.05) is 47.8 Å². The van der Waals surface area contributed by atoms with Crippen LogP contribution in [0.15, 0.2) is 48.8 Å². The Hall–Kier alpha value is -3.33. The second-order valence-corrected chi connectivity index (χ2v) is 5.32. The maximum atomic E-state index is 12.3. The summed E-state index contributed by atoms with van der Waals surface area (Å²) in [5, 5.41) is 11.7. The Kier molecular flexibility index (Phi) is 3.69. The molecule has 0 aliphatic heterocycles. The van der Waals surface area contributed by atoms with E-state index in [0.717, 1.165) is 5.69 Å². The van der Waals surface area contributed by atoms with Crippen LogP contribution in [0.5, 0.6) is 0 Å². The van der Waals surface area contributed by atoms with Crippen LogP contribution in [0.1, 0.15) is 16.1 Å². The summed E-state index contributed by atoms with van der Waals surface area (Å²) in [7, 11) is 3.90. The number of imidazole rings is 1. The van der Waals surface area contributed by atoms with Crippen LogP contribution in [-0.4, -0.2) is 29.4 Å². The van der Waals surface area contributed by atoms with Crippen molar-refractivity contribution in [3.05, 3.63) is 60.0 Å². The topological polar surface area (TPSA) is 73.4 Å². The highest BCUT2D eigenvalue weighted by Crippen LogP contribution is 2.15. The van der Waals surface area contributed by atoms with E-state index >= 15 is 0 Å². The average molecular weight is 305 g/mol. The SMILES string of the molecule is CN(C)c1ccc2nc(C(=O)Nc3cccc(C#N)c3)cn2c1. The van der Waals surface area contributed by atoms with Crippen LogP contribution in [0.4, 0.5) is 11.4 Å². The number of fused-ring (bicyclic) bond motifs is 1. The van der Waals surface area contributed by atoms with Gasteiger partial charge in [0.2, 0.25) is 0 Å². The van der Waals surface area contributed by atoms with Crippen LogP contribution in [0.2, 0.25) is 0 Å². The van der Waals surface area contributed by atoms with Gasteiger partial charge in [-0.1, -0.05) is 6.07 Å². The summed E-state index contributed by atoms with van der Waals surface area (Å²) in [6.07, 6.45) is 3.60. The van der Waals surface area contributed by atoms with Crippen molar-refractivity contribution < 1.29 is 4.79 Å². The first-order valence-electron chi connectivity index (χ1n) is 7.04. The van der Waals surface area contributed by atoms with Crippen molar-refractivity contribution in [2.24, 2.45) is 0 Å².